The Morgan fingerprint density at radius 3 is 2.83 bits per heavy atom. The van der Waals surface area contributed by atoms with E-state index in [1.807, 2.05) is 25.6 Å². The summed E-state index contributed by atoms with van der Waals surface area (Å²) in [5, 5.41) is 12.5. The topological polar surface area (TPSA) is 72.7 Å². The van der Waals surface area contributed by atoms with Gasteiger partial charge in [-0.1, -0.05) is 4.49 Å². The number of nitrogens with zero attached hydrogens (tertiary/aromatic N) is 4. The summed E-state index contributed by atoms with van der Waals surface area (Å²) in [6.45, 7) is 4.58. The Morgan fingerprint density at radius 2 is 2.28 bits per heavy atom. The molecule has 1 N–H and O–H groups in total. The average Bonchev–Trinajstić information content (AvgIpc) is 2.93. The summed E-state index contributed by atoms with van der Waals surface area (Å²) in [5.41, 5.74) is 3.71. The molecule has 6 nitrogen and oxygen atoms in total. The third-order valence-electron chi connectivity index (χ3n) is 2.91. The van der Waals surface area contributed by atoms with Gasteiger partial charge in [-0.2, -0.15) is 5.10 Å². The van der Waals surface area contributed by atoms with E-state index in [9.17, 15) is 4.79 Å². The maximum absolute atomic E-state index is 11.6. The van der Waals surface area contributed by atoms with Gasteiger partial charge in [0.1, 0.15) is 0 Å². The fraction of sp³-hybridized carbons (Fsp3) is 0.455. The number of hydrogen-bond acceptors (Lipinski definition) is 5. The first kappa shape index (κ1) is 12.7. The number of amides is 1. The molecule has 0 bridgehead atoms. The van der Waals surface area contributed by atoms with Crippen LogP contribution in [0, 0.1) is 13.8 Å². The van der Waals surface area contributed by atoms with E-state index in [0.29, 0.717) is 12.2 Å². The first-order valence-corrected chi connectivity index (χ1v) is 6.47. The van der Waals surface area contributed by atoms with Gasteiger partial charge in [0.15, 0.2) is 5.69 Å². The highest BCUT2D eigenvalue weighted by Gasteiger charge is 2.11. The lowest BCUT2D eigenvalue weighted by Crippen LogP contribution is -2.26. The first-order valence-electron chi connectivity index (χ1n) is 5.64. The lowest BCUT2D eigenvalue weighted by molar-refractivity contribution is 0.0949. The molecule has 0 atom stereocenters. The zero-order valence-corrected chi connectivity index (χ0v) is 11.4. The van der Waals surface area contributed by atoms with Crippen molar-refractivity contribution < 1.29 is 4.79 Å². The number of carbonyl (C=O) groups is 1. The molecule has 0 unspecified atom stereocenters. The highest BCUT2D eigenvalue weighted by Crippen LogP contribution is 2.11. The Labute approximate surface area is 109 Å². The van der Waals surface area contributed by atoms with Crippen molar-refractivity contribution in [3.63, 3.8) is 0 Å². The smallest absolute Gasteiger partial charge is 0.272 e. The summed E-state index contributed by atoms with van der Waals surface area (Å²) < 4.78 is 5.52. The van der Waals surface area contributed by atoms with Gasteiger partial charge in [-0.25, -0.2) is 0 Å². The van der Waals surface area contributed by atoms with Crippen LogP contribution in [0.15, 0.2) is 5.38 Å². The van der Waals surface area contributed by atoms with E-state index in [4.69, 9.17) is 0 Å². The molecule has 0 saturated heterocycles. The van der Waals surface area contributed by atoms with Crippen molar-refractivity contribution in [3.05, 3.63) is 28.0 Å². The molecule has 2 heterocycles. The lowest BCUT2D eigenvalue weighted by Gasteiger charge is -2.03. The second-order valence-electron chi connectivity index (χ2n) is 4.07. The monoisotopic (exact) mass is 265 g/mol. The quantitative estimate of drug-likeness (QED) is 0.890. The molecule has 0 aliphatic rings. The molecule has 96 valence electrons. The van der Waals surface area contributed by atoms with Gasteiger partial charge in [0.2, 0.25) is 0 Å². The summed E-state index contributed by atoms with van der Waals surface area (Å²) in [7, 11) is 1.92. The van der Waals surface area contributed by atoms with E-state index in [1.54, 1.807) is 5.38 Å². The van der Waals surface area contributed by atoms with Crippen LogP contribution in [0.25, 0.3) is 0 Å². The summed E-state index contributed by atoms with van der Waals surface area (Å²) in [4.78, 5) is 11.6. The van der Waals surface area contributed by atoms with Crippen LogP contribution in [0.5, 0.6) is 0 Å². The Hall–Kier alpha value is -1.76. The van der Waals surface area contributed by atoms with Crippen LogP contribution >= 0.6 is 11.5 Å². The second-order valence-corrected chi connectivity index (χ2v) is 4.68. The SMILES string of the molecule is Cc1nn(C)c(C)c1CCNC(=O)c1csnn1. The summed E-state index contributed by atoms with van der Waals surface area (Å²) in [5.74, 6) is -0.178. The van der Waals surface area contributed by atoms with Crippen molar-refractivity contribution in [1.29, 1.82) is 0 Å². The predicted molar refractivity (Wildman–Crippen MR) is 68.6 cm³/mol. The van der Waals surface area contributed by atoms with Gasteiger partial charge in [0.05, 0.1) is 5.69 Å². The fourth-order valence-corrected chi connectivity index (χ4v) is 2.27. The molecule has 18 heavy (non-hydrogen) atoms. The molecule has 2 aromatic rings. The molecular formula is C11H15N5OS. The summed E-state index contributed by atoms with van der Waals surface area (Å²) >= 11 is 1.17. The molecule has 0 fully saturated rings. The molecule has 2 rings (SSSR count). The number of aromatic nitrogens is 4. The van der Waals surface area contributed by atoms with Crippen LogP contribution in [-0.4, -0.2) is 31.8 Å². The predicted octanol–water partition coefficient (Wildman–Crippen LogP) is 0.861. The van der Waals surface area contributed by atoms with E-state index in [1.165, 1.54) is 17.1 Å². The van der Waals surface area contributed by atoms with Crippen LogP contribution in [0.2, 0.25) is 0 Å². The third-order valence-corrected chi connectivity index (χ3v) is 3.42. The molecule has 0 aliphatic heterocycles. The van der Waals surface area contributed by atoms with Crippen LogP contribution in [-0.2, 0) is 13.5 Å². The second kappa shape index (κ2) is 5.26. The number of hydrogen-bond donors (Lipinski definition) is 1. The Bertz CT molecular complexity index is 546. The highest BCUT2D eigenvalue weighted by atomic mass is 32.1. The van der Waals surface area contributed by atoms with Crippen LogP contribution in [0.3, 0.4) is 0 Å². The van der Waals surface area contributed by atoms with Gasteiger partial charge in [-0.05, 0) is 37.4 Å². The number of aryl methyl sites for hydroxylation is 2. The van der Waals surface area contributed by atoms with Crippen molar-refractivity contribution in [1.82, 2.24) is 24.7 Å². The van der Waals surface area contributed by atoms with Crippen molar-refractivity contribution in [2.75, 3.05) is 6.54 Å². The van der Waals surface area contributed by atoms with Gasteiger partial charge in [0.25, 0.3) is 5.91 Å². The van der Waals surface area contributed by atoms with E-state index < -0.39 is 0 Å². The van der Waals surface area contributed by atoms with Gasteiger partial charge in [-0.3, -0.25) is 9.48 Å². The minimum atomic E-state index is -0.178. The molecule has 1 amide bonds. The van der Waals surface area contributed by atoms with Gasteiger partial charge < -0.3 is 5.32 Å². The number of carbonyl (C=O) groups excluding carboxylic acids is 1. The zero-order valence-electron chi connectivity index (χ0n) is 10.6. The molecule has 0 aromatic carbocycles. The normalized spacial score (nSPS) is 10.6. The van der Waals surface area contributed by atoms with E-state index in [0.717, 1.165) is 17.8 Å². The third kappa shape index (κ3) is 2.56. The standard InChI is InChI=1S/C11H15N5OS/c1-7-9(8(2)16(3)14-7)4-5-12-11(17)10-6-18-15-13-10/h6H,4-5H2,1-3H3,(H,12,17). The van der Waals surface area contributed by atoms with Gasteiger partial charge in [0, 0.05) is 24.7 Å². The summed E-state index contributed by atoms with van der Waals surface area (Å²) in [6.07, 6.45) is 0.773. The lowest BCUT2D eigenvalue weighted by atomic mass is 10.1. The Kier molecular flexibility index (Phi) is 3.71. The molecule has 0 saturated carbocycles. The van der Waals surface area contributed by atoms with Crippen LogP contribution in [0.4, 0.5) is 0 Å². The number of nitrogens with one attached hydrogen (secondary N) is 1. The molecule has 0 aliphatic carbocycles. The highest BCUT2D eigenvalue weighted by molar-refractivity contribution is 7.03. The van der Waals surface area contributed by atoms with E-state index in [-0.39, 0.29) is 5.91 Å². The van der Waals surface area contributed by atoms with Crippen molar-refractivity contribution in [2.45, 2.75) is 20.3 Å². The summed E-state index contributed by atoms with van der Waals surface area (Å²) in [6, 6.07) is 0. The minimum absolute atomic E-state index is 0.178. The zero-order chi connectivity index (χ0) is 13.1. The largest absolute Gasteiger partial charge is 0.350 e. The minimum Gasteiger partial charge on any atom is -0.350 e. The number of rotatable bonds is 4. The molecule has 7 heteroatoms. The molecular weight excluding hydrogens is 250 g/mol. The molecule has 0 radical (unpaired) electrons. The van der Waals surface area contributed by atoms with Crippen LogP contribution in [0.1, 0.15) is 27.4 Å². The maximum Gasteiger partial charge on any atom is 0.272 e. The van der Waals surface area contributed by atoms with E-state index in [2.05, 4.69) is 20.0 Å². The average molecular weight is 265 g/mol. The van der Waals surface area contributed by atoms with Crippen molar-refractivity contribution >= 4 is 17.4 Å². The maximum atomic E-state index is 11.6. The Morgan fingerprint density at radius 1 is 1.50 bits per heavy atom. The molecule has 0 spiro atoms. The van der Waals surface area contributed by atoms with Crippen molar-refractivity contribution in [3.8, 4) is 0 Å². The fourth-order valence-electron chi connectivity index (χ4n) is 1.83. The first-order chi connectivity index (χ1) is 8.59. The Balaban J connectivity index is 1.91. The molecule has 2 aromatic heterocycles. The van der Waals surface area contributed by atoms with Crippen molar-refractivity contribution in [2.24, 2.45) is 7.05 Å². The van der Waals surface area contributed by atoms with Crippen LogP contribution < -0.4 is 5.32 Å². The van der Waals surface area contributed by atoms with Gasteiger partial charge >= 0.3 is 0 Å². The van der Waals surface area contributed by atoms with Gasteiger partial charge in [-0.15, -0.1) is 5.10 Å². The van der Waals surface area contributed by atoms with E-state index >= 15 is 0 Å².